The maximum Gasteiger partial charge on any atom is 0.144 e. The van der Waals surface area contributed by atoms with Crippen LogP contribution in [0.5, 0.6) is 5.75 Å². The smallest absolute Gasteiger partial charge is 0.144 e. The van der Waals surface area contributed by atoms with Crippen LogP contribution in [0.15, 0.2) is 12.3 Å². The van der Waals surface area contributed by atoms with Gasteiger partial charge in [-0.2, -0.15) is 0 Å². The van der Waals surface area contributed by atoms with Crippen molar-refractivity contribution in [3.63, 3.8) is 0 Å². The topological polar surface area (TPSA) is 22.1 Å². The monoisotopic (exact) mass is 219 g/mol. The van der Waals surface area contributed by atoms with Crippen molar-refractivity contribution in [1.82, 2.24) is 4.98 Å². The Bertz CT molecular complexity index is 375. The minimum absolute atomic E-state index is 0.122. The fourth-order valence-corrected chi connectivity index (χ4v) is 1.82. The highest BCUT2D eigenvalue weighted by Gasteiger charge is 2.28. The maximum atomic E-state index is 6.04. The van der Waals surface area contributed by atoms with Crippen molar-refractivity contribution in [3.05, 3.63) is 23.5 Å². The van der Waals surface area contributed by atoms with Gasteiger partial charge >= 0.3 is 0 Å². The summed E-state index contributed by atoms with van der Waals surface area (Å²) in [4.78, 5) is 4.43. The van der Waals surface area contributed by atoms with Crippen LogP contribution in [0.2, 0.25) is 0 Å². The van der Waals surface area contributed by atoms with Crippen molar-refractivity contribution < 1.29 is 4.74 Å². The van der Waals surface area contributed by atoms with Crippen LogP contribution in [-0.4, -0.2) is 11.1 Å². The molecular formula is C14H21NO. The Labute approximate surface area is 98.0 Å². The van der Waals surface area contributed by atoms with Crippen molar-refractivity contribution in [2.45, 2.75) is 58.5 Å². The number of rotatable bonds is 3. The standard InChI is InChI=1S/C14H21NO/c1-5-12-13(16-10-6-7-10)11(8-9-15-12)14(2,3)4/h8-10H,5-7H2,1-4H3. The van der Waals surface area contributed by atoms with E-state index in [9.17, 15) is 0 Å². The molecule has 0 saturated heterocycles. The third kappa shape index (κ3) is 2.37. The van der Waals surface area contributed by atoms with Gasteiger partial charge in [0.1, 0.15) is 5.75 Å². The summed E-state index contributed by atoms with van der Waals surface area (Å²) < 4.78 is 6.04. The summed E-state index contributed by atoms with van der Waals surface area (Å²) in [5.41, 5.74) is 2.50. The number of aromatic nitrogens is 1. The van der Waals surface area contributed by atoms with Gasteiger partial charge in [0.05, 0.1) is 11.8 Å². The molecule has 1 aliphatic carbocycles. The Morgan fingerprint density at radius 1 is 1.38 bits per heavy atom. The fourth-order valence-electron chi connectivity index (χ4n) is 1.82. The van der Waals surface area contributed by atoms with Gasteiger partial charge in [-0.15, -0.1) is 0 Å². The zero-order valence-corrected chi connectivity index (χ0v) is 10.7. The summed E-state index contributed by atoms with van der Waals surface area (Å²) in [6, 6.07) is 2.09. The van der Waals surface area contributed by atoms with Crippen LogP contribution >= 0.6 is 0 Å². The van der Waals surface area contributed by atoms with E-state index in [0.29, 0.717) is 6.10 Å². The van der Waals surface area contributed by atoms with Crippen molar-refractivity contribution in [2.24, 2.45) is 0 Å². The number of hydrogen-bond donors (Lipinski definition) is 0. The first kappa shape index (κ1) is 11.4. The normalized spacial score (nSPS) is 16.2. The van der Waals surface area contributed by atoms with Gasteiger partial charge in [-0.3, -0.25) is 4.98 Å². The second kappa shape index (κ2) is 4.08. The first-order chi connectivity index (χ1) is 7.52. The molecule has 1 aromatic rings. The summed E-state index contributed by atoms with van der Waals surface area (Å²) in [5, 5.41) is 0. The molecule has 2 nitrogen and oxygen atoms in total. The van der Waals surface area contributed by atoms with Gasteiger partial charge < -0.3 is 4.74 Å². The molecule has 0 bridgehead atoms. The number of hydrogen-bond acceptors (Lipinski definition) is 2. The second-order valence-electron chi connectivity index (χ2n) is 5.56. The number of aryl methyl sites for hydroxylation is 1. The first-order valence-electron chi connectivity index (χ1n) is 6.17. The van der Waals surface area contributed by atoms with Crippen molar-refractivity contribution in [1.29, 1.82) is 0 Å². The lowest BCUT2D eigenvalue weighted by Gasteiger charge is -2.24. The summed E-state index contributed by atoms with van der Waals surface area (Å²) in [6.45, 7) is 8.80. The highest BCUT2D eigenvalue weighted by Crippen LogP contribution is 2.37. The van der Waals surface area contributed by atoms with E-state index in [1.54, 1.807) is 0 Å². The molecule has 88 valence electrons. The summed E-state index contributed by atoms with van der Waals surface area (Å²) >= 11 is 0. The average Bonchev–Trinajstić information content (AvgIpc) is 3.00. The van der Waals surface area contributed by atoms with Gasteiger partial charge in [0, 0.05) is 11.8 Å². The predicted octanol–water partition coefficient (Wildman–Crippen LogP) is 3.48. The Hall–Kier alpha value is -1.05. The Morgan fingerprint density at radius 3 is 2.56 bits per heavy atom. The van der Waals surface area contributed by atoms with Crippen LogP contribution in [0, 0.1) is 0 Å². The van der Waals surface area contributed by atoms with Gasteiger partial charge in [0.15, 0.2) is 0 Å². The second-order valence-corrected chi connectivity index (χ2v) is 5.56. The Balaban J connectivity index is 2.41. The quantitative estimate of drug-likeness (QED) is 0.776. The lowest BCUT2D eigenvalue weighted by molar-refractivity contribution is 0.290. The number of nitrogens with zero attached hydrogens (tertiary/aromatic N) is 1. The molecule has 2 rings (SSSR count). The van der Waals surface area contributed by atoms with E-state index < -0.39 is 0 Å². The summed E-state index contributed by atoms with van der Waals surface area (Å²) in [7, 11) is 0. The van der Waals surface area contributed by atoms with Gasteiger partial charge in [-0.1, -0.05) is 27.7 Å². The van der Waals surface area contributed by atoms with Gasteiger partial charge in [-0.25, -0.2) is 0 Å². The summed E-state index contributed by atoms with van der Waals surface area (Å²) in [5.74, 6) is 1.04. The van der Waals surface area contributed by atoms with Crippen LogP contribution in [0.3, 0.4) is 0 Å². The number of ether oxygens (including phenoxy) is 1. The third-order valence-electron chi connectivity index (χ3n) is 2.93. The molecule has 0 aliphatic heterocycles. The molecule has 0 atom stereocenters. The number of pyridine rings is 1. The molecule has 1 fully saturated rings. The van der Waals surface area contributed by atoms with E-state index >= 15 is 0 Å². The SMILES string of the molecule is CCc1nccc(C(C)(C)C)c1OC1CC1. The van der Waals surface area contributed by atoms with Crippen LogP contribution < -0.4 is 4.74 Å². The van der Waals surface area contributed by atoms with Crippen LogP contribution in [0.25, 0.3) is 0 Å². The van der Waals surface area contributed by atoms with E-state index in [1.807, 2.05) is 6.20 Å². The fraction of sp³-hybridized carbons (Fsp3) is 0.643. The zero-order valence-electron chi connectivity index (χ0n) is 10.7. The maximum absolute atomic E-state index is 6.04. The van der Waals surface area contributed by atoms with Gasteiger partial charge in [0.2, 0.25) is 0 Å². The lowest BCUT2D eigenvalue weighted by atomic mass is 9.86. The summed E-state index contributed by atoms with van der Waals surface area (Å²) in [6.07, 6.45) is 5.67. The van der Waals surface area contributed by atoms with Crippen LogP contribution in [-0.2, 0) is 11.8 Å². The van der Waals surface area contributed by atoms with Gasteiger partial charge in [0.25, 0.3) is 0 Å². The molecule has 1 heterocycles. The van der Waals surface area contributed by atoms with Crippen molar-refractivity contribution in [2.75, 3.05) is 0 Å². The molecule has 0 amide bonds. The van der Waals surface area contributed by atoms with Crippen LogP contribution in [0.4, 0.5) is 0 Å². The highest BCUT2D eigenvalue weighted by atomic mass is 16.5. The first-order valence-corrected chi connectivity index (χ1v) is 6.17. The Kier molecular flexibility index (Phi) is 2.92. The molecular weight excluding hydrogens is 198 g/mol. The molecule has 0 radical (unpaired) electrons. The molecule has 1 aliphatic rings. The molecule has 2 heteroatoms. The molecule has 1 saturated carbocycles. The highest BCUT2D eigenvalue weighted by molar-refractivity contribution is 5.41. The van der Waals surface area contributed by atoms with E-state index in [4.69, 9.17) is 4.74 Å². The molecule has 0 unspecified atom stereocenters. The van der Waals surface area contributed by atoms with E-state index in [-0.39, 0.29) is 5.41 Å². The average molecular weight is 219 g/mol. The van der Waals surface area contributed by atoms with Crippen molar-refractivity contribution in [3.8, 4) is 5.75 Å². The Morgan fingerprint density at radius 2 is 2.06 bits per heavy atom. The van der Waals surface area contributed by atoms with Crippen molar-refractivity contribution >= 4 is 0 Å². The van der Waals surface area contributed by atoms with Gasteiger partial charge in [-0.05, 0) is 30.7 Å². The molecule has 0 spiro atoms. The van der Waals surface area contributed by atoms with Crippen LogP contribution in [0.1, 0.15) is 51.8 Å². The third-order valence-corrected chi connectivity index (χ3v) is 2.93. The van der Waals surface area contributed by atoms with E-state index in [1.165, 1.54) is 18.4 Å². The van der Waals surface area contributed by atoms with E-state index in [2.05, 4.69) is 38.7 Å². The molecule has 0 N–H and O–H groups in total. The minimum Gasteiger partial charge on any atom is -0.488 e. The largest absolute Gasteiger partial charge is 0.488 e. The zero-order chi connectivity index (χ0) is 11.8. The predicted molar refractivity (Wildman–Crippen MR) is 66.0 cm³/mol. The van der Waals surface area contributed by atoms with E-state index in [0.717, 1.165) is 17.9 Å². The molecule has 16 heavy (non-hydrogen) atoms. The minimum atomic E-state index is 0.122. The molecule has 1 aromatic heterocycles. The lowest BCUT2D eigenvalue weighted by Crippen LogP contribution is -2.16. The molecule has 0 aromatic carbocycles.